The Morgan fingerprint density at radius 1 is 1.00 bits per heavy atom. The van der Waals surface area contributed by atoms with Gasteiger partial charge in [-0.2, -0.15) is 0 Å². The fraction of sp³-hybridized carbons (Fsp3) is 0.105. The van der Waals surface area contributed by atoms with Crippen LogP contribution in [-0.4, -0.2) is 19.8 Å². The zero-order chi connectivity index (χ0) is 22.3. The lowest BCUT2D eigenvalue weighted by Crippen LogP contribution is -2.17. The van der Waals surface area contributed by atoms with Gasteiger partial charge in [-0.3, -0.25) is 4.98 Å². The molecule has 0 bridgehead atoms. The Morgan fingerprint density at radius 2 is 1.63 bits per heavy atom. The molecule has 2 N–H and O–H groups in total. The van der Waals surface area contributed by atoms with Crippen LogP contribution in [-0.2, 0) is 10.0 Å². The second-order valence-corrected chi connectivity index (χ2v) is 7.74. The van der Waals surface area contributed by atoms with Crippen molar-refractivity contribution < 1.29 is 35.1 Å². The van der Waals surface area contributed by atoms with E-state index in [9.17, 15) is 30.4 Å². The van der Waals surface area contributed by atoms with E-state index in [-0.39, 0.29) is 16.8 Å². The number of hydrogen-bond acceptors (Lipinski definition) is 4. The molecule has 30 heavy (non-hydrogen) atoms. The standard InChI is InChI=1S/C19H13F5N2O3S/c1-10-7-11(4-5-16(10)29-19(22,23)24)13-3-2-6-26-17(13)12-8-14(20)18(15(21)9-12)30(25,27)28/h2-9H,1H3,(H2,25,27,28). The number of pyridine rings is 1. The smallest absolute Gasteiger partial charge is 0.406 e. The number of primary sulfonamides is 1. The molecule has 0 saturated heterocycles. The Kier molecular flexibility index (Phi) is 5.52. The Balaban J connectivity index is 2.12. The molecule has 0 amide bonds. The number of rotatable bonds is 4. The summed E-state index contributed by atoms with van der Waals surface area (Å²) < 4.78 is 92.6. The average molecular weight is 444 g/mol. The van der Waals surface area contributed by atoms with Crippen LogP contribution in [0.4, 0.5) is 22.0 Å². The molecular weight excluding hydrogens is 431 g/mol. The van der Waals surface area contributed by atoms with Gasteiger partial charge in [0.05, 0.1) is 5.69 Å². The normalized spacial score (nSPS) is 12.1. The monoisotopic (exact) mass is 444 g/mol. The van der Waals surface area contributed by atoms with Gasteiger partial charge in [-0.05, 0) is 48.4 Å². The summed E-state index contributed by atoms with van der Waals surface area (Å²) in [6.45, 7) is 1.40. The summed E-state index contributed by atoms with van der Waals surface area (Å²) in [5, 5.41) is 4.83. The zero-order valence-corrected chi connectivity index (χ0v) is 16.0. The molecule has 0 atom stereocenters. The van der Waals surface area contributed by atoms with Crippen LogP contribution in [0.15, 0.2) is 53.6 Å². The number of benzene rings is 2. The van der Waals surface area contributed by atoms with Crippen LogP contribution in [0.25, 0.3) is 22.4 Å². The van der Waals surface area contributed by atoms with Crippen molar-refractivity contribution in [3.63, 3.8) is 0 Å². The van der Waals surface area contributed by atoms with Crippen molar-refractivity contribution in [1.29, 1.82) is 0 Å². The fourth-order valence-corrected chi connectivity index (χ4v) is 3.55. The van der Waals surface area contributed by atoms with E-state index in [1.165, 1.54) is 31.3 Å². The summed E-state index contributed by atoms with van der Waals surface area (Å²) in [5.41, 5.74) is 0.922. The molecule has 3 rings (SSSR count). The lowest BCUT2D eigenvalue weighted by Gasteiger charge is -2.14. The first kappa shape index (κ1) is 21.7. The molecule has 0 radical (unpaired) electrons. The molecule has 0 aliphatic rings. The van der Waals surface area contributed by atoms with Gasteiger partial charge in [0.1, 0.15) is 17.4 Å². The largest absolute Gasteiger partial charge is 0.573 e. The third kappa shape index (κ3) is 4.57. The number of aromatic nitrogens is 1. The maximum atomic E-state index is 14.3. The third-order valence-corrected chi connectivity index (χ3v) is 5.03. The quantitative estimate of drug-likeness (QED) is 0.599. The van der Waals surface area contributed by atoms with Gasteiger partial charge in [0.2, 0.25) is 10.0 Å². The second kappa shape index (κ2) is 7.65. The highest BCUT2D eigenvalue weighted by molar-refractivity contribution is 7.89. The van der Waals surface area contributed by atoms with E-state index in [2.05, 4.69) is 9.72 Å². The maximum Gasteiger partial charge on any atom is 0.573 e. The second-order valence-electron chi connectivity index (χ2n) is 6.24. The highest BCUT2D eigenvalue weighted by atomic mass is 32.2. The molecule has 5 nitrogen and oxygen atoms in total. The SMILES string of the molecule is Cc1cc(-c2cccnc2-c2cc(F)c(S(N)(=O)=O)c(F)c2)ccc1OC(F)(F)F. The molecule has 3 aromatic rings. The summed E-state index contributed by atoms with van der Waals surface area (Å²) in [7, 11) is -4.63. The van der Waals surface area contributed by atoms with Crippen LogP contribution in [0.2, 0.25) is 0 Å². The van der Waals surface area contributed by atoms with Crippen LogP contribution < -0.4 is 9.88 Å². The Morgan fingerprint density at radius 3 is 2.17 bits per heavy atom. The van der Waals surface area contributed by atoms with E-state index >= 15 is 0 Å². The summed E-state index contributed by atoms with van der Waals surface area (Å²) >= 11 is 0. The van der Waals surface area contributed by atoms with Crippen molar-refractivity contribution in [3.8, 4) is 28.1 Å². The van der Waals surface area contributed by atoms with E-state index in [1.807, 2.05) is 0 Å². The van der Waals surface area contributed by atoms with E-state index in [4.69, 9.17) is 5.14 Å². The Bertz CT molecular complexity index is 1200. The topological polar surface area (TPSA) is 82.3 Å². The van der Waals surface area contributed by atoms with Crippen LogP contribution >= 0.6 is 0 Å². The van der Waals surface area contributed by atoms with Crippen LogP contribution in [0.1, 0.15) is 5.56 Å². The summed E-state index contributed by atoms with van der Waals surface area (Å²) in [6.07, 6.45) is -3.51. The number of sulfonamides is 1. The van der Waals surface area contributed by atoms with Crippen LogP contribution in [0.5, 0.6) is 5.75 Å². The molecule has 0 fully saturated rings. The molecule has 158 valence electrons. The molecule has 2 aromatic carbocycles. The minimum absolute atomic E-state index is 0.0822. The Hall–Kier alpha value is -3.05. The van der Waals surface area contributed by atoms with Gasteiger partial charge < -0.3 is 4.74 Å². The van der Waals surface area contributed by atoms with Crippen molar-refractivity contribution in [2.24, 2.45) is 5.14 Å². The number of nitrogens with zero attached hydrogens (tertiary/aromatic N) is 1. The van der Waals surface area contributed by atoms with Gasteiger partial charge in [-0.15, -0.1) is 13.2 Å². The van der Waals surface area contributed by atoms with Gasteiger partial charge in [0, 0.05) is 17.3 Å². The first-order valence-electron chi connectivity index (χ1n) is 8.21. The lowest BCUT2D eigenvalue weighted by molar-refractivity contribution is -0.274. The minimum atomic E-state index is -4.86. The van der Waals surface area contributed by atoms with Gasteiger partial charge in [0.15, 0.2) is 4.90 Å². The van der Waals surface area contributed by atoms with Gasteiger partial charge in [-0.1, -0.05) is 12.1 Å². The molecule has 11 heteroatoms. The average Bonchev–Trinajstić information content (AvgIpc) is 2.60. The molecule has 0 spiro atoms. The van der Waals surface area contributed by atoms with E-state index in [0.29, 0.717) is 11.1 Å². The molecule has 0 unspecified atom stereocenters. The van der Waals surface area contributed by atoms with Gasteiger partial charge in [-0.25, -0.2) is 22.3 Å². The molecule has 0 aliphatic heterocycles. The number of alkyl halides is 3. The molecule has 0 saturated carbocycles. The summed E-state index contributed by atoms with van der Waals surface area (Å²) in [4.78, 5) is 2.82. The minimum Gasteiger partial charge on any atom is -0.406 e. The van der Waals surface area contributed by atoms with Crippen molar-refractivity contribution in [1.82, 2.24) is 4.98 Å². The molecule has 1 heterocycles. The lowest BCUT2D eigenvalue weighted by atomic mass is 9.97. The predicted octanol–water partition coefficient (Wildman–Crippen LogP) is 4.55. The van der Waals surface area contributed by atoms with Gasteiger partial charge in [0.25, 0.3) is 0 Å². The van der Waals surface area contributed by atoms with E-state index < -0.39 is 38.7 Å². The first-order valence-corrected chi connectivity index (χ1v) is 9.75. The number of ether oxygens (including phenoxy) is 1. The number of halogens is 5. The van der Waals surface area contributed by atoms with E-state index in [0.717, 1.165) is 18.2 Å². The van der Waals surface area contributed by atoms with Crippen LogP contribution in [0, 0.1) is 18.6 Å². The van der Waals surface area contributed by atoms with Gasteiger partial charge >= 0.3 is 6.36 Å². The van der Waals surface area contributed by atoms with Crippen LogP contribution in [0.3, 0.4) is 0 Å². The summed E-state index contributed by atoms with van der Waals surface area (Å²) in [6, 6.07) is 8.45. The molecular formula is C19H13F5N2O3S. The maximum absolute atomic E-state index is 14.3. The molecule has 0 aliphatic carbocycles. The predicted molar refractivity (Wildman–Crippen MR) is 97.8 cm³/mol. The Labute approximate surface area is 168 Å². The molecule has 1 aromatic heterocycles. The number of hydrogen-bond donors (Lipinski definition) is 1. The van der Waals surface area contributed by atoms with Crippen molar-refractivity contribution in [3.05, 3.63) is 65.9 Å². The first-order chi connectivity index (χ1) is 13.9. The van der Waals surface area contributed by atoms with Crippen molar-refractivity contribution in [2.45, 2.75) is 18.2 Å². The zero-order valence-electron chi connectivity index (χ0n) is 15.2. The number of nitrogens with two attached hydrogens (primary N) is 1. The highest BCUT2D eigenvalue weighted by Crippen LogP contribution is 2.35. The van der Waals surface area contributed by atoms with Crippen molar-refractivity contribution >= 4 is 10.0 Å². The highest BCUT2D eigenvalue weighted by Gasteiger charge is 2.31. The van der Waals surface area contributed by atoms with Crippen molar-refractivity contribution in [2.75, 3.05) is 0 Å². The fourth-order valence-electron chi connectivity index (χ4n) is 2.89. The number of aryl methyl sites for hydroxylation is 1. The summed E-state index contributed by atoms with van der Waals surface area (Å²) in [5.74, 6) is -3.19. The third-order valence-electron chi connectivity index (χ3n) is 4.08. The van der Waals surface area contributed by atoms with E-state index in [1.54, 1.807) is 6.07 Å².